The van der Waals surface area contributed by atoms with Crippen molar-refractivity contribution in [2.75, 3.05) is 5.32 Å². The molecule has 6 nitrogen and oxygen atoms in total. The van der Waals surface area contributed by atoms with Gasteiger partial charge in [-0.3, -0.25) is 0 Å². The second-order valence-electron chi connectivity index (χ2n) is 5.70. The van der Waals surface area contributed by atoms with Crippen molar-refractivity contribution in [3.63, 3.8) is 0 Å². The van der Waals surface area contributed by atoms with Crippen LogP contribution < -0.4 is 5.32 Å². The lowest BCUT2D eigenvalue weighted by Gasteiger charge is -2.18. The molecule has 9 heteroatoms. The van der Waals surface area contributed by atoms with Crippen molar-refractivity contribution >= 4 is 5.95 Å². The Kier molecular flexibility index (Phi) is 3.63. The standard InChI is InChI=1S/C16H12F3N5O/c17-10-4-2-1-3-9(10)16(6-7-16)22-15-20-8-5-11(21-15)13-23-24-14(25-13)12(18)19/h1-5,8,12H,6-7H2,(H,20,21,22). The summed E-state index contributed by atoms with van der Waals surface area (Å²) in [4.78, 5) is 8.31. The maximum absolute atomic E-state index is 14.1. The van der Waals surface area contributed by atoms with E-state index in [0.717, 1.165) is 12.8 Å². The smallest absolute Gasteiger partial charge is 0.314 e. The first kappa shape index (κ1) is 15.6. The summed E-state index contributed by atoms with van der Waals surface area (Å²) in [6, 6.07) is 7.98. The normalized spacial score (nSPS) is 15.4. The van der Waals surface area contributed by atoms with Crippen molar-refractivity contribution in [2.45, 2.75) is 24.8 Å². The van der Waals surface area contributed by atoms with E-state index in [9.17, 15) is 13.2 Å². The molecule has 128 valence electrons. The minimum atomic E-state index is -2.85. The second-order valence-corrected chi connectivity index (χ2v) is 5.70. The molecule has 0 spiro atoms. The van der Waals surface area contributed by atoms with Crippen LogP contribution in [0.2, 0.25) is 0 Å². The molecule has 2 heterocycles. The third-order valence-electron chi connectivity index (χ3n) is 3.99. The van der Waals surface area contributed by atoms with Crippen LogP contribution in [-0.4, -0.2) is 20.2 Å². The van der Waals surface area contributed by atoms with Gasteiger partial charge >= 0.3 is 6.43 Å². The van der Waals surface area contributed by atoms with Gasteiger partial charge in [0.1, 0.15) is 11.5 Å². The highest BCUT2D eigenvalue weighted by atomic mass is 19.3. The maximum atomic E-state index is 14.1. The first-order chi connectivity index (χ1) is 12.1. The number of aromatic nitrogens is 4. The minimum absolute atomic E-state index is 0.128. The Balaban J connectivity index is 1.61. The van der Waals surface area contributed by atoms with Gasteiger partial charge in [0.15, 0.2) is 0 Å². The summed E-state index contributed by atoms with van der Waals surface area (Å²) in [5.74, 6) is -0.971. The molecule has 0 aliphatic heterocycles. The lowest BCUT2D eigenvalue weighted by molar-refractivity contribution is 0.116. The van der Waals surface area contributed by atoms with Gasteiger partial charge in [-0.1, -0.05) is 18.2 Å². The number of nitrogens with one attached hydrogen (secondary N) is 1. The maximum Gasteiger partial charge on any atom is 0.314 e. The van der Waals surface area contributed by atoms with Crippen molar-refractivity contribution in [1.29, 1.82) is 0 Å². The largest absolute Gasteiger partial charge is 0.414 e. The molecule has 4 rings (SSSR count). The zero-order chi connectivity index (χ0) is 17.4. The number of hydrogen-bond acceptors (Lipinski definition) is 6. The van der Waals surface area contributed by atoms with Crippen LogP contribution in [0.15, 0.2) is 40.9 Å². The number of halogens is 3. The van der Waals surface area contributed by atoms with Crippen LogP contribution in [0.4, 0.5) is 19.1 Å². The van der Waals surface area contributed by atoms with Crippen molar-refractivity contribution in [3.8, 4) is 11.6 Å². The predicted octanol–water partition coefficient (Wildman–Crippen LogP) is 3.70. The van der Waals surface area contributed by atoms with E-state index in [4.69, 9.17) is 4.42 Å². The third-order valence-corrected chi connectivity index (χ3v) is 3.99. The highest BCUT2D eigenvalue weighted by Crippen LogP contribution is 2.48. The van der Waals surface area contributed by atoms with Crippen molar-refractivity contribution in [1.82, 2.24) is 20.2 Å². The Labute approximate surface area is 140 Å². The number of alkyl halides is 2. The lowest BCUT2D eigenvalue weighted by atomic mass is 10.0. The molecule has 0 amide bonds. The van der Waals surface area contributed by atoms with Gasteiger partial charge in [-0.05, 0) is 25.0 Å². The Morgan fingerprint density at radius 3 is 2.60 bits per heavy atom. The molecule has 2 aromatic heterocycles. The van der Waals surface area contributed by atoms with Crippen molar-refractivity contribution < 1.29 is 17.6 Å². The van der Waals surface area contributed by atoms with Gasteiger partial charge in [0.05, 0.1) is 5.54 Å². The number of benzene rings is 1. The van der Waals surface area contributed by atoms with Crippen LogP contribution in [0, 0.1) is 5.82 Å². The molecule has 1 aromatic carbocycles. The summed E-state index contributed by atoms with van der Waals surface area (Å²) in [5.41, 5.74) is 0.190. The molecule has 1 fully saturated rings. The summed E-state index contributed by atoms with van der Waals surface area (Å²) in [5, 5.41) is 9.96. The number of anilines is 1. The van der Waals surface area contributed by atoms with E-state index in [2.05, 4.69) is 25.5 Å². The SMILES string of the molecule is Fc1ccccc1C1(Nc2nccc(-c3nnc(C(F)F)o3)n2)CC1. The molecule has 0 bridgehead atoms. The molecule has 0 radical (unpaired) electrons. The predicted molar refractivity (Wildman–Crippen MR) is 81.2 cm³/mol. The summed E-state index contributed by atoms with van der Waals surface area (Å²) in [6.45, 7) is 0. The zero-order valence-corrected chi connectivity index (χ0v) is 12.8. The van der Waals surface area contributed by atoms with Gasteiger partial charge in [-0.25, -0.2) is 14.4 Å². The Hall–Kier alpha value is -2.97. The molecule has 25 heavy (non-hydrogen) atoms. The molecule has 0 atom stereocenters. The van der Waals surface area contributed by atoms with Crippen LogP contribution in [0.1, 0.15) is 30.7 Å². The summed E-state index contributed by atoms with van der Waals surface area (Å²) < 4.78 is 44.1. The van der Waals surface area contributed by atoms with E-state index in [1.807, 2.05) is 0 Å². The van der Waals surface area contributed by atoms with Crippen LogP contribution in [0.25, 0.3) is 11.6 Å². The number of rotatable bonds is 5. The summed E-state index contributed by atoms with van der Waals surface area (Å²) in [6.07, 6.45) is 0.0558. The lowest BCUT2D eigenvalue weighted by Crippen LogP contribution is -2.21. The minimum Gasteiger partial charge on any atom is -0.414 e. The van der Waals surface area contributed by atoms with E-state index in [1.165, 1.54) is 18.3 Å². The fourth-order valence-corrected chi connectivity index (χ4v) is 2.61. The van der Waals surface area contributed by atoms with Gasteiger partial charge in [-0.2, -0.15) is 8.78 Å². The van der Waals surface area contributed by atoms with Crippen LogP contribution in [0.3, 0.4) is 0 Å². The first-order valence-electron chi connectivity index (χ1n) is 7.56. The molecule has 1 aliphatic rings. The van der Waals surface area contributed by atoms with E-state index in [0.29, 0.717) is 5.56 Å². The quantitative estimate of drug-likeness (QED) is 0.758. The molecule has 0 unspecified atom stereocenters. The summed E-state index contributed by atoms with van der Waals surface area (Å²) >= 11 is 0. The van der Waals surface area contributed by atoms with E-state index in [-0.39, 0.29) is 23.4 Å². The molecular weight excluding hydrogens is 335 g/mol. The molecular formula is C16H12F3N5O. The van der Waals surface area contributed by atoms with E-state index < -0.39 is 17.9 Å². The average molecular weight is 347 g/mol. The highest BCUT2D eigenvalue weighted by molar-refractivity contribution is 5.50. The van der Waals surface area contributed by atoms with Gasteiger partial charge in [0, 0.05) is 11.8 Å². The Morgan fingerprint density at radius 1 is 1.12 bits per heavy atom. The topological polar surface area (TPSA) is 76.7 Å². The highest BCUT2D eigenvalue weighted by Gasteiger charge is 2.46. The molecule has 1 aliphatic carbocycles. The second kappa shape index (κ2) is 5.83. The van der Waals surface area contributed by atoms with Crippen LogP contribution >= 0.6 is 0 Å². The molecule has 1 N–H and O–H groups in total. The summed E-state index contributed by atoms with van der Waals surface area (Å²) in [7, 11) is 0. The Morgan fingerprint density at radius 2 is 1.92 bits per heavy atom. The fraction of sp³-hybridized carbons (Fsp3) is 0.250. The molecule has 1 saturated carbocycles. The van der Waals surface area contributed by atoms with Crippen molar-refractivity contribution in [3.05, 3.63) is 53.8 Å². The van der Waals surface area contributed by atoms with Gasteiger partial charge in [0.25, 0.3) is 11.8 Å². The van der Waals surface area contributed by atoms with E-state index >= 15 is 0 Å². The molecule has 3 aromatic rings. The Bertz CT molecular complexity index is 910. The van der Waals surface area contributed by atoms with Gasteiger partial charge < -0.3 is 9.73 Å². The third kappa shape index (κ3) is 2.92. The van der Waals surface area contributed by atoms with Crippen molar-refractivity contribution in [2.24, 2.45) is 0 Å². The monoisotopic (exact) mass is 347 g/mol. The number of nitrogens with zero attached hydrogens (tertiary/aromatic N) is 4. The first-order valence-corrected chi connectivity index (χ1v) is 7.56. The van der Waals surface area contributed by atoms with Gasteiger partial charge in [-0.15, -0.1) is 10.2 Å². The van der Waals surface area contributed by atoms with Gasteiger partial charge in [0.2, 0.25) is 5.95 Å². The number of hydrogen-bond donors (Lipinski definition) is 1. The average Bonchev–Trinajstić information content (AvgIpc) is 3.20. The zero-order valence-electron chi connectivity index (χ0n) is 12.8. The fourth-order valence-electron chi connectivity index (χ4n) is 2.61. The van der Waals surface area contributed by atoms with Crippen LogP contribution in [-0.2, 0) is 5.54 Å². The van der Waals surface area contributed by atoms with E-state index in [1.54, 1.807) is 18.2 Å². The molecule has 0 saturated heterocycles. The van der Waals surface area contributed by atoms with Crippen LogP contribution in [0.5, 0.6) is 0 Å².